The molecule has 3 aromatic rings. The summed E-state index contributed by atoms with van der Waals surface area (Å²) in [5.74, 6) is 0.531. The highest BCUT2D eigenvalue weighted by Gasteiger charge is 2.19. The quantitative estimate of drug-likeness (QED) is 0.455. The van der Waals surface area contributed by atoms with Crippen LogP contribution in [-0.4, -0.2) is 20.7 Å². The normalized spacial score (nSPS) is 12.0. The summed E-state index contributed by atoms with van der Waals surface area (Å²) in [5.41, 5.74) is 2.10. The molecule has 2 heterocycles. The van der Waals surface area contributed by atoms with Crippen molar-refractivity contribution in [3.63, 3.8) is 0 Å². The molecule has 0 saturated heterocycles. The van der Waals surface area contributed by atoms with Crippen LogP contribution in [0.3, 0.4) is 0 Å². The molecule has 152 valence electrons. The monoisotopic (exact) mass is 431 g/mol. The number of benzene rings is 1. The van der Waals surface area contributed by atoms with Crippen molar-refractivity contribution in [2.75, 3.05) is 0 Å². The molecule has 0 fully saturated rings. The van der Waals surface area contributed by atoms with E-state index in [0.717, 1.165) is 5.56 Å². The summed E-state index contributed by atoms with van der Waals surface area (Å²) in [6, 6.07) is 11.0. The van der Waals surface area contributed by atoms with Gasteiger partial charge in [-0.25, -0.2) is 4.98 Å². The highest BCUT2D eigenvalue weighted by molar-refractivity contribution is 8.00. The van der Waals surface area contributed by atoms with Crippen LogP contribution in [0.25, 0.3) is 0 Å². The van der Waals surface area contributed by atoms with E-state index in [1.54, 1.807) is 38.4 Å². The Morgan fingerprint density at radius 1 is 1.34 bits per heavy atom. The van der Waals surface area contributed by atoms with Crippen LogP contribution in [0.15, 0.2) is 57.0 Å². The Morgan fingerprint density at radius 2 is 2.14 bits per heavy atom. The maximum absolute atomic E-state index is 12.9. The van der Waals surface area contributed by atoms with E-state index >= 15 is 0 Å². The molecular formula is C21H22ClN3O3S. The average Bonchev–Trinajstić information content (AvgIpc) is 3.21. The molecule has 0 spiro atoms. The highest BCUT2D eigenvalue weighted by atomic mass is 35.5. The third-order valence-corrected chi connectivity index (χ3v) is 5.87. The molecule has 1 amide bonds. The molecule has 1 atom stereocenters. The van der Waals surface area contributed by atoms with E-state index in [2.05, 4.69) is 10.3 Å². The van der Waals surface area contributed by atoms with Crippen LogP contribution in [0.4, 0.5) is 0 Å². The number of hydrogen-bond acceptors (Lipinski definition) is 5. The van der Waals surface area contributed by atoms with Crippen molar-refractivity contribution >= 4 is 29.3 Å². The van der Waals surface area contributed by atoms with Crippen LogP contribution in [0.1, 0.15) is 29.5 Å². The highest BCUT2D eigenvalue weighted by Crippen LogP contribution is 2.22. The van der Waals surface area contributed by atoms with Gasteiger partial charge >= 0.3 is 0 Å². The standard InChI is InChI=1S/C21H22ClN3O3S/c1-13-18(11-15-6-4-7-16(22)10-15)20(27)25(3)21(24-13)29-14(2)19(26)23-12-17-8-5-9-28-17/h4-10,14H,11-12H2,1-3H3,(H,23,26). The van der Waals surface area contributed by atoms with E-state index in [1.165, 1.54) is 16.3 Å². The number of nitrogens with one attached hydrogen (secondary N) is 1. The predicted molar refractivity (Wildman–Crippen MR) is 114 cm³/mol. The minimum atomic E-state index is -0.416. The second-order valence-corrected chi connectivity index (χ2v) is 8.43. The molecule has 0 aliphatic rings. The summed E-state index contributed by atoms with van der Waals surface area (Å²) in [6.07, 6.45) is 2.02. The van der Waals surface area contributed by atoms with Gasteiger partial charge in [0.25, 0.3) is 5.56 Å². The summed E-state index contributed by atoms with van der Waals surface area (Å²) < 4.78 is 6.71. The van der Waals surface area contributed by atoms with Gasteiger partial charge in [0.2, 0.25) is 5.91 Å². The first-order chi connectivity index (χ1) is 13.8. The van der Waals surface area contributed by atoms with E-state index in [9.17, 15) is 9.59 Å². The summed E-state index contributed by atoms with van der Waals surface area (Å²) in [4.78, 5) is 29.8. The van der Waals surface area contributed by atoms with E-state index < -0.39 is 5.25 Å². The van der Waals surface area contributed by atoms with E-state index in [-0.39, 0.29) is 11.5 Å². The minimum absolute atomic E-state index is 0.122. The number of hydrogen-bond donors (Lipinski definition) is 1. The van der Waals surface area contributed by atoms with E-state index in [1.807, 2.05) is 25.1 Å². The lowest BCUT2D eigenvalue weighted by atomic mass is 10.1. The molecule has 1 aromatic carbocycles. The second-order valence-electron chi connectivity index (χ2n) is 6.69. The number of carbonyl (C=O) groups excluding carboxylic acids is 1. The zero-order valence-corrected chi connectivity index (χ0v) is 18.0. The van der Waals surface area contributed by atoms with Crippen molar-refractivity contribution in [2.24, 2.45) is 7.05 Å². The average molecular weight is 432 g/mol. The Labute approximate surface area is 178 Å². The lowest BCUT2D eigenvalue weighted by molar-refractivity contribution is -0.120. The van der Waals surface area contributed by atoms with Crippen LogP contribution >= 0.6 is 23.4 Å². The molecule has 0 bridgehead atoms. The molecular weight excluding hydrogens is 410 g/mol. The van der Waals surface area contributed by atoms with Crippen LogP contribution in [0.2, 0.25) is 5.02 Å². The fourth-order valence-electron chi connectivity index (χ4n) is 2.83. The maximum Gasteiger partial charge on any atom is 0.257 e. The van der Waals surface area contributed by atoms with Crippen molar-refractivity contribution in [2.45, 2.75) is 37.2 Å². The van der Waals surface area contributed by atoms with Crippen LogP contribution in [-0.2, 0) is 24.8 Å². The number of amides is 1. The molecule has 8 heteroatoms. The number of aromatic nitrogens is 2. The topological polar surface area (TPSA) is 77.1 Å². The van der Waals surface area contributed by atoms with Crippen LogP contribution < -0.4 is 10.9 Å². The van der Waals surface area contributed by atoms with Crippen molar-refractivity contribution in [3.05, 3.63) is 80.6 Å². The number of halogens is 1. The smallest absolute Gasteiger partial charge is 0.257 e. The summed E-state index contributed by atoms with van der Waals surface area (Å²) in [6.45, 7) is 3.91. The molecule has 0 radical (unpaired) electrons. The number of aryl methyl sites for hydroxylation is 1. The number of carbonyl (C=O) groups is 1. The lowest BCUT2D eigenvalue weighted by Gasteiger charge is -2.15. The second kappa shape index (κ2) is 9.33. The van der Waals surface area contributed by atoms with Crippen LogP contribution in [0, 0.1) is 6.92 Å². The van der Waals surface area contributed by atoms with Gasteiger partial charge in [0.1, 0.15) is 5.76 Å². The Hall–Kier alpha value is -2.51. The molecule has 1 N–H and O–H groups in total. The number of thioether (sulfide) groups is 1. The van der Waals surface area contributed by atoms with Gasteiger partial charge in [-0.1, -0.05) is 35.5 Å². The van der Waals surface area contributed by atoms with E-state index in [0.29, 0.717) is 40.2 Å². The molecule has 1 unspecified atom stereocenters. The molecule has 0 aliphatic heterocycles. The van der Waals surface area contributed by atoms with Gasteiger partial charge in [-0.15, -0.1) is 0 Å². The SMILES string of the molecule is Cc1nc(SC(C)C(=O)NCc2ccco2)n(C)c(=O)c1Cc1cccc(Cl)c1. The van der Waals surface area contributed by atoms with Crippen molar-refractivity contribution < 1.29 is 9.21 Å². The van der Waals surface area contributed by atoms with Gasteiger partial charge in [0.15, 0.2) is 5.16 Å². The number of furan rings is 1. The third kappa shape index (κ3) is 5.31. The Kier molecular flexibility index (Phi) is 6.82. The largest absolute Gasteiger partial charge is 0.467 e. The first-order valence-corrected chi connectivity index (χ1v) is 10.4. The Balaban J connectivity index is 1.73. The number of nitrogens with zero attached hydrogens (tertiary/aromatic N) is 2. The van der Waals surface area contributed by atoms with Gasteiger partial charge in [0.05, 0.1) is 18.1 Å². The van der Waals surface area contributed by atoms with Gasteiger partial charge < -0.3 is 9.73 Å². The maximum atomic E-state index is 12.9. The zero-order valence-electron chi connectivity index (χ0n) is 16.4. The molecule has 0 saturated carbocycles. The van der Waals surface area contributed by atoms with Crippen molar-refractivity contribution in [1.29, 1.82) is 0 Å². The van der Waals surface area contributed by atoms with E-state index in [4.69, 9.17) is 16.0 Å². The lowest BCUT2D eigenvalue weighted by Crippen LogP contribution is -2.32. The summed E-state index contributed by atoms with van der Waals surface area (Å²) >= 11 is 7.30. The summed E-state index contributed by atoms with van der Waals surface area (Å²) in [7, 11) is 1.67. The zero-order chi connectivity index (χ0) is 21.0. The minimum Gasteiger partial charge on any atom is -0.467 e. The molecule has 29 heavy (non-hydrogen) atoms. The first-order valence-electron chi connectivity index (χ1n) is 9.13. The number of rotatable bonds is 7. The molecule has 0 aliphatic carbocycles. The summed E-state index contributed by atoms with van der Waals surface area (Å²) in [5, 5.41) is 3.54. The predicted octanol–water partition coefficient (Wildman–Crippen LogP) is 3.72. The van der Waals surface area contributed by atoms with Crippen LogP contribution in [0.5, 0.6) is 0 Å². The van der Waals surface area contributed by atoms with Gasteiger partial charge in [-0.2, -0.15) is 0 Å². The molecule has 3 rings (SSSR count). The Morgan fingerprint density at radius 3 is 2.83 bits per heavy atom. The fourth-order valence-corrected chi connectivity index (χ4v) is 3.98. The fraction of sp³-hybridized carbons (Fsp3) is 0.286. The van der Waals surface area contributed by atoms with Crippen molar-refractivity contribution in [3.8, 4) is 0 Å². The molecule has 2 aromatic heterocycles. The Bertz CT molecular complexity index is 1060. The first kappa shape index (κ1) is 21.2. The third-order valence-electron chi connectivity index (χ3n) is 4.49. The van der Waals surface area contributed by atoms with Crippen molar-refractivity contribution in [1.82, 2.24) is 14.9 Å². The van der Waals surface area contributed by atoms with Gasteiger partial charge in [-0.05, 0) is 43.7 Å². The van der Waals surface area contributed by atoms with Gasteiger partial charge in [0, 0.05) is 29.7 Å². The molecule has 6 nitrogen and oxygen atoms in total. The van der Waals surface area contributed by atoms with Gasteiger partial charge in [-0.3, -0.25) is 14.2 Å².